The van der Waals surface area contributed by atoms with Crippen LogP contribution in [0.5, 0.6) is 0 Å². The molecule has 0 aliphatic heterocycles. The van der Waals surface area contributed by atoms with Crippen molar-refractivity contribution >= 4 is 39.2 Å². The number of H-pyrrole nitrogens is 1. The first-order chi connectivity index (χ1) is 14.5. The van der Waals surface area contributed by atoms with E-state index in [1.54, 1.807) is 13.1 Å². The van der Waals surface area contributed by atoms with Crippen LogP contribution in [0.2, 0.25) is 0 Å². The van der Waals surface area contributed by atoms with E-state index in [9.17, 15) is 9.59 Å². The maximum atomic E-state index is 12.8. The molecule has 2 heterocycles. The van der Waals surface area contributed by atoms with Gasteiger partial charge < -0.3 is 4.74 Å². The van der Waals surface area contributed by atoms with Crippen LogP contribution < -0.4 is 5.32 Å². The average molecular weight is 420 g/mol. The quantitative estimate of drug-likeness (QED) is 0.452. The molecule has 0 spiro atoms. The summed E-state index contributed by atoms with van der Waals surface area (Å²) in [6.07, 6.45) is 1.94. The minimum atomic E-state index is -0.244. The molecule has 2 aromatic heterocycles. The molecule has 152 valence electrons. The number of ether oxygens (including phenoxy) is 1. The summed E-state index contributed by atoms with van der Waals surface area (Å²) < 4.78 is 4.97. The van der Waals surface area contributed by atoms with Gasteiger partial charge in [0.05, 0.1) is 36.0 Å². The van der Waals surface area contributed by atoms with Crippen molar-refractivity contribution in [2.24, 2.45) is 0 Å². The number of nitrogens with one attached hydrogen (secondary N) is 2. The van der Waals surface area contributed by atoms with Crippen molar-refractivity contribution in [2.45, 2.75) is 20.3 Å². The van der Waals surface area contributed by atoms with E-state index in [-0.39, 0.29) is 18.3 Å². The Balaban J connectivity index is 1.48. The first-order valence-corrected chi connectivity index (χ1v) is 10.4. The van der Waals surface area contributed by atoms with Crippen LogP contribution in [0.4, 0.5) is 5.13 Å². The second-order valence-electron chi connectivity index (χ2n) is 6.82. The fraction of sp³-hybridized carbons (Fsp3) is 0.182. The van der Waals surface area contributed by atoms with Crippen molar-refractivity contribution in [3.63, 3.8) is 0 Å². The molecule has 0 unspecified atom stereocenters. The Labute approximate surface area is 177 Å². The van der Waals surface area contributed by atoms with Crippen LogP contribution in [0.25, 0.3) is 22.2 Å². The van der Waals surface area contributed by atoms with Crippen LogP contribution >= 0.6 is 11.3 Å². The molecule has 7 nitrogen and oxygen atoms in total. The van der Waals surface area contributed by atoms with Gasteiger partial charge in [-0.1, -0.05) is 24.3 Å². The Morgan fingerprint density at radius 3 is 2.77 bits per heavy atom. The molecule has 0 atom stereocenters. The van der Waals surface area contributed by atoms with Crippen LogP contribution in [-0.2, 0) is 16.0 Å². The van der Waals surface area contributed by atoms with Crippen LogP contribution in [0.1, 0.15) is 28.4 Å². The SMILES string of the molecule is CCOC(=O)Cc1ccc(-c2csc(NC(=O)c3cc(C)cc4cn[nH]c34)n2)cc1. The second-order valence-corrected chi connectivity index (χ2v) is 7.68. The van der Waals surface area contributed by atoms with Crippen molar-refractivity contribution in [3.05, 3.63) is 64.7 Å². The fourth-order valence-corrected chi connectivity index (χ4v) is 3.90. The number of nitrogens with zero attached hydrogens (tertiary/aromatic N) is 2. The van der Waals surface area contributed by atoms with E-state index in [2.05, 4.69) is 20.5 Å². The van der Waals surface area contributed by atoms with Crippen LogP contribution in [0.15, 0.2) is 48.0 Å². The zero-order chi connectivity index (χ0) is 21.1. The smallest absolute Gasteiger partial charge is 0.310 e. The van der Waals surface area contributed by atoms with Gasteiger partial charge >= 0.3 is 5.97 Å². The number of anilines is 1. The summed E-state index contributed by atoms with van der Waals surface area (Å²) in [5.41, 5.74) is 4.76. The number of hydrogen-bond donors (Lipinski definition) is 2. The van der Waals surface area contributed by atoms with Crippen molar-refractivity contribution in [2.75, 3.05) is 11.9 Å². The van der Waals surface area contributed by atoms with Gasteiger partial charge in [0.25, 0.3) is 5.91 Å². The number of aromatic amines is 1. The monoisotopic (exact) mass is 420 g/mol. The predicted octanol–water partition coefficient (Wildman–Crippen LogP) is 4.35. The number of rotatable bonds is 6. The molecule has 30 heavy (non-hydrogen) atoms. The number of thiazole rings is 1. The third kappa shape index (κ3) is 4.23. The van der Waals surface area contributed by atoms with Crippen LogP contribution in [0.3, 0.4) is 0 Å². The third-order valence-electron chi connectivity index (χ3n) is 4.57. The lowest BCUT2D eigenvalue weighted by Gasteiger charge is -2.05. The summed E-state index contributed by atoms with van der Waals surface area (Å²) in [6.45, 7) is 4.10. The lowest BCUT2D eigenvalue weighted by molar-refractivity contribution is -0.142. The molecule has 0 radical (unpaired) electrons. The molecule has 0 saturated carbocycles. The minimum Gasteiger partial charge on any atom is -0.466 e. The zero-order valence-electron chi connectivity index (χ0n) is 16.6. The number of benzene rings is 2. The Kier molecular flexibility index (Phi) is 5.58. The van der Waals surface area contributed by atoms with Crippen molar-refractivity contribution in [3.8, 4) is 11.3 Å². The lowest BCUT2D eigenvalue weighted by Crippen LogP contribution is -2.12. The van der Waals surface area contributed by atoms with Gasteiger partial charge in [-0.2, -0.15) is 5.10 Å². The largest absolute Gasteiger partial charge is 0.466 e. The first-order valence-electron chi connectivity index (χ1n) is 9.49. The summed E-state index contributed by atoms with van der Waals surface area (Å²) in [4.78, 5) is 28.9. The number of carbonyl (C=O) groups excluding carboxylic acids is 2. The summed E-state index contributed by atoms with van der Waals surface area (Å²) in [7, 11) is 0. The van der Waals surface area contributed by atoms with E-state index in [4.69, 9.17) is 4.74 Å². The molecule has 4 rings (SSSR count). The van der Waals surface area contributed by atoms with E-state index in [0.717, 1.165) is 27.8 Å². The molecule has 0 aliphatic carbocycles. The zero-order valence-corrected chi connectivity index (χ0v) is 17.4. The van der Waals surface area contributed by atoms with Gasteiger partial charge in [-0.05, 0) is 37.1 Å². The van der Waals surface area contributed by atoms with Gasteiger partial charge in [-0.15, -0.1) is 11.3 Å². The topological polar surface area (TPSA) is 97.0 Å². The Bertz CT molecular complexity index is 1210. The van der Waals surface area contributed by atoms with Crippen LogP contribution in [0, 0.1) is 6.92 Å². The fourth-order valence-electron chi connectivity index (χ4n) is 3.19. The van der Waals surface area contributed by atoms with Gasteiger partial charge in [0.2, 0.25) is 0 Å². The van der Waals surface area contributed by atoms with Crippen molar-refractivity contribution < 1.29 is 14.3 Å². The molecule has 4 aromatic rings. The molecule has 0 bridgehead atoms. The molecule has 2 N–H and O–H groups in total. The molecule has 0 saturated heterocycles. The Morgan fingerprint density at radius 1 is 1.20 bits per heavy atom. The summed E-state index contributed by atoms with van der Waals surface area (Å²) >= 11 is 1.36. The number of carbonyl (C=O) groups is 2. The van der Waals surface area contributed by atoms with Gasteiger partial charge in [0, 0.05) is 16.3 Å². The van der Waals surface area contributed by atoms with Crippen molar-refractivity contribution in [1.29, 1.82) is 0 Å². The molecule has 2 aromatic carbocycles. The first kappa shape index (κ1) is 19.8. The highest BCUT2D eigenvalue weighted by atomic mass is 32.1. The predicted molar refractivity (Wildman–Crippen MR) is 117 cm³/mol. The normalized spacial score (nSPS) is 10.9. The van der Waals surface area contributed by atoms with Gasteiger partial charge in [0.1, 0.15) is 0 Å². The summed E-state index contributed by atoms with van der Waals surface area (Å²) in [5.74, 6) is -0.481. The number of aryl methyl sites for hydroxylation is 1. The highest BCUT2D eigenvalue weighted by molar-refractivity contribution is 7.14. The highest BCUT2D eigenvalue weighted by Crippen LogP contribution is 2.26. The number of amides is 1. The highest BCUT2D eigenvalue weighted by Gasteiger charge is 2.15. The number of aromatic nitrogens is 3. The molecule has 0 fully saturated rings. The van der Waals surface area contributed by atoms with E-state index in [1.165, 1.54) is 11.3 Å². The van der Waals surface area contributed by atoms with Crippen molar-refractivity contribution in [1.82, 2.24) is 15.2 Å². The number of fused-ring (bicyclic) bond motifs is 1. The lowest BCUT2D eigenvalue weighted by atomic mass is 10.1. The third-order valence-corrected chi connectivity index (χ3v) is 5.32. The second kappa shape index (κ2) is 8.46. The van der Waals surface area contributed by atoms with Gasteiger partial charge in [-0.3, -0.25) is 20.0 Å². The maximum Gasteiger partial charge on any atom is 0.310 e. The van der Waals surface area contributed by atoms with E-state index in [1.807, 2.05) is 48.7 Å². The van der Waals surface area contributed by atoms with Gasteiger partial charge in [0.15, 0.2) is 5.13 Å². The Morgan fingerprint density at radius 2 is 2.00 bits per heavy atom. The minimum absolute atomic E-state index is 0.237. The summed E-state index contributed by atoms with van der Waals surface area (Å²) in [6, 6.07) is 11.4. The summed E-state index contributed by atoms with van der Waals surface area (Å²) in [5, 5.41) is 13.1. The van der Waals surface area contributed by atoms with Gasteiger partial charge in [-0.25, -0.2) is 4.98 Å². The Hall–Kier alpha value is -3.52. The number of hydrogen-bond acceptors (Lipinski definition) is 6. The number of esters is 1. The van der Waals surface area contributed by atoms with Crippen LogP contribution in [-0.4, -0.2) is 33.7 Å². The molecular formula is C22H20N4O3S. The molecular weight excluding hydrogens is 400 g/mol. The molecule has 0 aliphatic rings. The standard InChI is InChI=1S/C22H20N4O3S/c1-3-29-19(27)10-14-4-6-15(7-5-14)18-12-30-22(24-18)25-21(28)17-9-13(2)8-16-11-23-26-20(16)17/h4-9,11-12H,3,10H2,1-2H3,(H,23,26)(H,24,25,28). The average Bonchev–Trinajstić information content (AvgIpc) is 3.37. The molecule has 8 heteroatoms. The molecule has 1 amide bonds. The van der Waals surface area contributed by atoms with E-state index in [0.29, 0.717) is 22.8 Å². The maximum absolute atomic E-state index is 12.8. The van der Waals surface area contributed by atoms with E-state index >= 15 is 0 Å². The van der Waals surface area contributed by atoms with E-state index < -0.39 is 0 Å².